The first kappa shape index (κ1) is 12.3. The van der Waals surface area contributed by atoms with Crippen LogP contribution in [0.15, 0.2) is 55.1 Å². The van der Waals surface area contributed by atoms with E-state index < -0.39 is 0 Å². The molecule has 0 bridgehead atoms. The molecule has 0 N–H and O–H groups in total. The standard InChI is InChI=1S/C17H16O/c1-3-15-10-7-11-16(13(2)18)17(15)12-14-8-5-4-6-9-14/h3-11H,1,12H2,2H3. The number of hydrogen-bond acceptors (Lipinski definition) is 1. The zero-order valence-electron chi connectivity index (χ0n) is 10.5. The summed E-state index contributed by atoms with van der Waals surface area (Å²) in [5.74, 6) is 0.102. The highest BCUT2D eigenvalue weighted by atomic mass is 16.1. The number of carbonyl (C=O) groups is 1. The summed E-state index contributed by atoms with van der Waals surface area (Å²) >= 11 is 0. The molecule has 0 aliphatic rings. The smallest absolute Gasteiger partial charge is 0.160 e. The Morgan fingerprint density at radius 2 is 1.83 bits per heavy atom. The molecular formula is C17H16O. The number of Topliss-reactive ketones (excluding diaryl/α,β-unsaturated/α-hetero) is 1. The molecule has 0 unspecified atom stereocenters. The quantitative estimate of drug-likeness (QED) is 0.730. The Balaban J connectivity index is 2.48. The molecule has 0 heterocycles. The first-order valence-corrected chi connectivity index (χ1v) is 6.01. The number of ketones is 1. The summed E-state index contributed by atoms with van der Waals surface area (Å²) in [5.41, 5.74) is 4.09. The van der Waals surface area contributed by atoms with Gasteiger partial charge in [0.1, 0.15) is 0 Å². The van der Waals surface area contributed by atoms with Crippen LogP contribution < -0.4 is 0 Å². The average Bonchev–Trinajstić information content (AvgIpc) is 2.40. The third-order valence-electron chi connectivity index (χ3n) is 3.04. The minimum Gasteiger partial charge on any atom is -0.295 e. The van der Waals surface area contributed by atoms with Crippen molar-refractivity contribution < 1.29 is 4.79 Å². The molecule has 2 aromatic rings. The highest BCUT2D eigenvalue weighted by molar-refractivity contribution is 5.96. The highest BCUT2D eigenvalue weighted by Crippen LogP contribution is 2.20. The number of benzene rings is 2. The number of carbonyl (C=O) groups excluding carboxylic acids is 1. The van der Waals surface area contributed by atoms with Gasteiger partial charge in [0, 0.05) is 5.56 Å². The van der Waals surface area contributed by atoms with Crippen LogP contribution in [0, 0.1) is 0 Å². The zero-order chi connectivity index (χ0) is 13.0. The second kappa shape index (κ2) is 5.46. The Bertz CT molecular complexity index is 567. The third-order valence-corrected chi connectivity index (χ3v) is 3.04. The molecule has 0 spiro atoms. The molecule has 90 valence electrons. The van der Waals surface area contributed by atoms with E-state index in [4.69, 9.17) is 0 Å². The van der Waals surface area contributed by atoms with Crippen LogP contribution in [0.4, 0.5) is 0 Å². The number of hydrogen-bond donors (Lipinski definition) is 0. The zero-order valence-corrected chi connectivity index (χ0v) is 10.5. The van der Waals surface area contributed by atoms with Gasteiger partial charge in [0.05, 0.1) is 0 Å². The Kier molecular flexibility index (Phi) is 3.73. The van der Waals surface area contributed by atoms with Crippen molar-refractivity contribution >= 4 is 11.9 Å². The second-order valence-electron chi connectivity index (χ2n) is 4.30. The van der Waals surface area contributed by atoms with Crippen LogP contribution in [0.3, 0.4) is 0 Å². The Morgan fingerprint density at radius 1 is 1.11 bits per heavy atom. The van der Waals surface area contributed by atoms with E-state index in [0.717, 1.165) is 23.1 Å². The molecule has 0 radical (unpaired) electrons. The predicted octanol–water partition coefficient (Wildman–Crippen LogP) is 4.12. The maximum Gasteiger partial charge on any atom is 0.160 e. The molecule has 1 nitrogen and oxygen atoms in total. The first-order valence-electron chi connectivity index (χ1n) is 6.01. The maximum absolute atomic E-state index is 11.7. The van der Waals surface area contributed by atoms with E-state index in [1.54, 1.807) is 6.92 Å². The molecule has 18 heavy (non-hydrogen) atoms. The van der Waals surface area contributed by atoms with Crippen LogP contribution in [0.1, 0.15) is 34.0 Å². The highest BCUT2D eigenvalue weighted by Gasteiger charge is 2.10. The van der Waals surface area contributed by atoms with Gasteiger partial charge < -0.3 is 0 Å². The van der Waals surface area contributed by atoms with Crippen molar-refractivity contribution in [1.29, 1.82) is 0 Å². The van der Waals surface area contributed by atoms with E-state index in [0.29, 0.717) is 0 Å². The molecule has 2 rings (SSSR count). The third kappa shape index (κ3) is 2.57. The van der Waals surface area contributed by atoms with Gasteiger partial charge >= 0.3 is 0 Å². The fourth-order valence-electron chi connectivity index (χ4n) is 2.12. The Labute approximate surface area is 108 Å². The van der Waals surface area contributed by atoms with E-state index in [1.165, 1.54) is 5.56 Å². The molecule has 0 atom stereocenters. The van der Waals surface area contributed by atoms with Gasteiger partial charge in [-0.1, -0.05) is 61.2 Å². The molecule has 2 aromatic carbocycles. The predicted molar refractivity (Wildman–Crippen MR) is 75.8 cm³/mol. The van der Waals surface area contributed by atoms with Crippen LogP contribution in [-0.2, 0) is 6.42 Å². The molecule has 0 saturated heterocycles. The van der Waals surface area contributed by atoms with Crippen molar-refractivity contribution in [3.8, 4) is 0 Å². The van der Waals surface area contributed by atoms with Crippen molar-refractivity contribution in [2.45, 2.75) is 13.3 Å². The van der Waals surface area contributed by atoms with Gasteiger partial charge in [0.2, 0.25) is 0 Å². The van der Waals surface area contributed by atoms with Gasteiger partial charge in [-0.15, -0.1) is 0 Å². The van der Waals surface area contributed by atoms with E-state index in [-0.39, 0.29) is 5.78 Å². The fourth-order valence-corrected chi connectivity index (χ4v) is 2.12. The van der Waals surface area contributed by atoms with Crippen LogP contribution >= 0.6 is 0 Å². The summed E-state index contributed by atoms with van der Waals surface area (Å²) in [6.07, 6.45) is 2.57. The van der Waals surface area contributed by atoms with Crippen molar-refractivity contribution in [2.24, 2.45) is 0 Å². The SMILES string of the molecule is C=Cc1cccc(C(C)=O)c1Cc1ccccc1. The lowest BCUT2D eigenvalue weighted by molar-refractivity contribution is 0.101. The minimum atomic E-state index is 0.102. The molecule has 0 aromatic heterocycles. The van der Waals surface area contributed by atoms with Crippen LogP contribution in [0.5, 0.6) is 0 Å². The molecule has 0 aliphatic carbocycles. The molecule has 0 fully saturated rings. The normalized spacial score (nSPS) is 10.1. The Morgan fingerprint density at radius 3 is 2.44 bits per heavy atom. The van der Waals surface area contributed by atoms with Gasteiger partial charge in [-0.3, -0.25) is 4.79 Å². The van der Waals surface area contributed by atoms with Gasteiger partial charge in [-0.2, -0.15) is 0 Å². The van der Waals surface area contributed by atoms with Crippen LogP contribution in [0.2, 0.25) is 0 Å². The van der Waals surface area contributed by atoms with Crippen LogP contribution in [-0.4, -0.2) is 5.78 Å². The van der Waals surface area contributed by atoms with E-state index in [1.807, 2.05) is 42.5 Å². The largest absolute Gasteiger partial charge is 0.295 e. The van der Waals surface area contributed by atoms with E-state index in [9.17, 15) is 4.79 Å². The summed E-state index contributed by atoms with van der Waals surface area (Å²) in [4.78, 5) is 11.7. The minimum absolute atomic E-state index is 0.102. The summed E-state index contributed by atoms with van der Waals surface area (Å²) in [6.45, 7) is 5.43. The Hall–Kier alpha value is -2.15. The first-order chi connectivity index (χ1) is 8.72. The summed E-state index contributed by atoms with van der Waals surface area (Å²) in [5, 5.41) is 0. The monoisotopic (exact) mass is 236 g/mol. The van der Waals surface area contributed by atoms with Crippen molar-refractivity contribution in [2.75, 3.05) is 0 Å². The topological polar surface area (TPSA) is 17.1 Å². The lowest BCUT2D eigenvalue weighted by atomic mass is 9.93. The summed E-state index contributed by atoms with van der Waals surface area (Å²) in [7, 11) is 0. The average molecular weight is 236 g/mol. The van der Waals surface area contributed by atoms with Gasteiger partial charge in [-0.05, 0) is 30.0 Å². The van der Waals surface area contributed by atoms with Crippen molar-refractivity contribution in [1.82, 2.24) is 0 Å². The van der Waals surface area contributed by atoms with Crippen molar-refractivity contribution in [3.63, 3.8) is 0 Å². The molecule has 0 aliphatic heterocycles. The van der Waals surface area contributed by atoms with Gasteiger partial charge in [-0.25, -0.2) is 0 Å². The fraction of sp³-hybridized carbons (Fsp3) is 0.118. The van der Waals surface area contributed by atoms with Crippen molar-refractivity contribution in [3.05, 3.63) is 77.4 Å². The molecule has 0 saturated carbocycles. The van der Waals surface area contributed by atoms with Gasteiger partial charge in [0.15, 0.2) is 5.78 Å². The lowest BCUT2D eigenvalue weighted by Crippen LogP contribution is -2.02. The van der Waals surface area contributed by atoms with E-state index >= 15 is 0 Å². The molecule has 1 heteroatoms. The summed E-state index contributed by atoms with van der Waals surface area (Å²) in [6, 6.07) is 16.0. The number of rotatable bonds is 4. The molecule has 0 amide bonds. The molecular weight excluding hydrogens is 220 g/mol. The summed E-state index contributed by atoms with van der Waals surface area (Å²) < 4.78 is 0. The maximum atomic E-state index is 11.7. The van der Waals surface area contributed by atoms with E-state index in [2.05, 4.69) is 18.7 Å². The second-order valence-corrected chi connectivity index (χ2v) is 4.30. The lowest BCUT2D eigenvalue weighted by Gasteiger charge is -2.11. The van der Waals surface area contributed by atoms with Gasteiger partial charge in [0.25, 0.3) is 0 Å². The van der Waals surface area contributed by atoms with Crippen LogP contribution in [0.25, 0.3) is 6.08 Å².